The minimum absolute atomic E-state index is 0.0686. The lowest BCUT2D eigenvalue weighted by molar-refractivity contribution is -0.0109. The molecule has 0 heterocycles. The number of rotatable bonds is 2. The molecule has 1 nitrogen and oxygen atoms in total. The Bertz CT molecular complexity index is 231. The van der Waals surface area contributed by atoms with Crippen molar-refractivity contribution < 1.29 is 5.11 Å². The normalized spacial score (nSPS) is 31.6. The Balaban J connectivity index is 2.50. The largest absolute Gasteiger partial charge is 0.393 e. The smallest absolute Gasteiger partial charge is 0.0573 e. The summed E-state index contributed by atoms with van der Waals surface area (Å²) in [6.07, 6.45) is 6.04. The fourth-order valence-corrected chi connectivity index (χ4v) is 3.07. The Hall–Kier alpha value is -0.0400. The van der Waals surface area contributed by atoms with Crippen LogP contribution in [0.3, 0.4) is 0 Å². The summed E-state index contributed by atoms with van der Waals surface area (Å²) >= 11 is 0. The van der Waals surface area contributed by atoms with Gasteiger partial charge in [0, 0.05) is 0 Å². The Morgan fingerprint density at radius 2 is 1.59 bits per heavy atom. The third-order valence-corrected chi connectivity index (χ3v) is 4.34. The van der Waals surface area contributed by atoms with E-state index in [1.807, 2.05) is 0 Å². The van der Waals surface area contributed by atoms with Crippen molar-refractivity contribution in [2.45, 2.75) is 79.8 Å². The molecule has 1 rings (SSSR count). The van der Waals surface area contributed by atoms with Gasteiger partial charge in [0.05, 0.1) is 6.10 Å². The maximum Gasteiger partial charge on any atom is 0.0573 e. The van der Waals surface area contributed by atoms with Crippen LogP contribution in [0.25, 0.3) is 0 Å². The van der Waals surface area contributed by atoms with Crippen LogP contribution in [0.4, 0.5) is 0 Å². The molecule has 1 aliphatic rings. The van der Waals surface area contributed by atoms with Crippen LogP contribution in [0, 0.1) is 22.7 Å². The van der Waals surface area contributed by atoms with Crippen LogP contribution in [0.5, 0.6) is 0 Å². The van der Waals surface area contributed by atoms with Gasteiger partial charge in [-0.25, -0.2) is 0 Å². The molecular weight excluding hydrogens is 208 g/mol. The van der Waals surface area contributed by atoms with Crippen LogP contribution in [0.1, 0.15) is 73.6 Å². The highest BCUT2D eigenvalue weighted by Gasteiger charge is 2.36. The van der Waals surface area contributed by atoms with Crippen molar-refractivity contribution in [3.05, 3.63) is 0 Å². The topological polar surface area (TPSA) is 20.2 Å². The summed E-state index contributed by atoms with van der Waals surface area (Å²) in [7, 11) is 0. The lowest BCUT2D eigenvalue weighted by Gasteiger charge is -2.41. The van der Waals surface area contributed by atoms with Crippen molar-refractivity contribution in [2.75, 3.05) is 0 Å². The molecule has 3 unspecified atom stereocenters. The van der Waals surface area contributed by atoms with E-state index < -0.39 is 0 Å². The first-order valence-electron chi connectivity index (χ1n) is 7.28. The molecule has 1 N–H and O–H groups in total. The molecule has 0 aromatic rings. The van der Waals surface area contributed by atoms with E-state index in [9.17, 15) is 5.11 Å². The minimum Gasteiger partial charge on any atom is -0.393 e. The summed E-state index contributed by atoms with van der Waals surface area (Å²) in [5.74, 6) is 1.32. The molecule has 1 aliphatic carbocycles. The van der Waals surface area contributed by atoms with E-state index in [1.54, 1.807) is 0 Å². The van der Waals surface area contributed by atoms with E-state index in [0.29, 0.717) is 11.3 Å². The zero-order valence-electron chi connectivity index (χ0n) is 12.7. The van der Waals surface area contributed by atoms with Crippen LogP contribution in [-0.2, 0) is 0 Å². The van der Waals surface area contributed by atoms with Crippen molar-refractivity contribution in [3.63, 3.8) is 0 Å². The van der Waals surface area contributed by atoms with Crippen molar-refractivity contribution in [2.24, 2.45) is 22.7 Å². The fraction of sp³-hybridized carbons (Fsp3) is 1.00. The SMILES string of the molecule is CC(C)(C)CCC1CCC(O)C(C(C)(C)C)C1. The highest BCUT2D eigenvalue weighted by molar-refractivity contribution is 4.87. The molecule has 0 aromatic heterocycles. The van der Waals surface area contributed by atoms with Crippen molar-refractivity contribution >= 4 is 0 Å². The summed E-state index contributed by atoms with van der Waals surface area (Å²) in [6.45, 7) is 13.8. The van der Waals surface area contributed by atoms with Gasteiger partial charge in [0.25, 0.3) is 0 Å². The first-order valence-corrected chi connectivity index (χ1v) is 7.28. The Kier molecular flexibility index (Phi) is 4.68. The van der Waals surface area contributed by atoms with Gasteiger partial charge in [0.15, 0.2) is 0 Å². The van der Waals surface area contributed by atoms with Crippen LogP contribution in [0.15, 0.2) is 0 Å². The second kappa shape index (κ2) is 5.30. The lowest BCUT2D eigenvalue weighted by atomic mass is 9.66. The highest BCUT2D eigenvalue weighted by Crippen LogP contribution is 2.42. The lowest BCUT2D eigenvalue weighted by Crippen LogP contribution is -2.37. The standard InChI is InChI=1S/C16H32O/c1-15(2,3)10-9-12-7-8-14(17)13(11-12)16(4,5)6/h12-14,17H,7-11H2,1-6H3. The highest BCUT2D eigenvalue weighted by atomic mass is 16.3. The van der Waals surface area contributed by atoms with Crippen LogP contribution < -0.4 is 0 Å². The number of aliphatic hydroxyl groups is 1. The van der Waals surface area contributed by atoms with Gasteiger partial charge < -0.3 is 5.11 Å². The molecule has 1 heteroatoms. The average Bonchev–Trinajstić information content (AvgIpc) is 2.13. The first kappa shape index (κ1) is 15.0. The Morgan fingerprint density at radius 3 is 2.06 bits per heavy atom. The van der Waals surface area contributed by atoms with Gasteiger partial charge >= 0.3 is 0 Å². The molecule has 0 aromatic carbocycles. The number of hydrogen-bond donors (Lipinski definition) is 1. The number of hydrogen-bond acceptors (Lipinski definition) is 1. The van der Waals surface area contributed by atoms with Crippen LogP contribution >= 0.6 is 0 Å². The number of aliphatic hydroxyl groups excluding tert-OH is 1. The van der Waals surface area contributed by atoms with Crippen molar-refractivity contribution in [1.82, 2.24) is 0 Å². The van der Waals surface area contributed by atoms with Crippen molar-refractivity contribution in [3.8, 4) is 0 Å². The Labute approximate surface area is 108 Å². The summed E-state index contributed by atoms with van der Waals surface area (Å²) in [5.41, 5.74) is 0.701. The van der Waals surface area contributed by atoms with E-state index in [-0.39, 0.29) is 11.5 Å². The molecule has 0 saturated heterocycles. The predicted octanol–water partition coefficient (Wildman–Crippen LogP) is 4.64. The van der Waals surface area contributed by atoms with Gasteiger partial charge in [-0.15, -0.1) is 0 Å². The molecule has 0 spiro atoms. The summed E-state index contributed by atoms with van der Waals surface area (Å²) in [4.78, 5) is 0. The van der Waals surface area contributed by atoms with E-state index in [2.05, 4.69) is 41.5 Å². The minimum atomic E-state index is -0.0686. The average molecular weight is 240 g/mol. The summed E-state index contributed by atoms with van der Waals surface area (Å²) in [5, 5.41) is 10.2. The van der Waals surface area contributed by atoms with Crippen molar-refractivity contribution in [1.29, 1.82) is 0 Å². The third-order valence-electron chi connectivity index (χ3n) is 4.34. The third kappa shape index (κ3) is 4.99. The van der Waals surface area contributed by atoms with Gasteiger partial charge in [-0.2, -0.15) is 0 Å². The van der Waals surface area contributed by atoms with E-state index >= 15 is 0 Å². The van der Waals surface area contributed by atoms with Crippen LogP contribution in [0.2, 0.25) is 0 Å². The van der Waals surface area contributed by atoms with Gasteiger partial charge in [-0.05, 0) is 54.8 Å². The zero-order valence-corrected chi connectivity index (χ0v) is 12.7. The molecule has 1 fully saturated rings. The molecule has 17 heavy (non-hydrogen) atoms. The molecule has 0 aliphatic heterocycles. The molecule has 0 radical (unpaired) electrons. The zero-order chi connectivity index (χ0) is 13.3. The molecule has 0 amide bonds. The monoisotopic (exact) mass is 240 g/mol. The molecular formula is C16H32O. The Morgan fingerprint density at radius 1 is 1.00 bits per heavy atom. The van der Waals surface area contributed by atoms with Crippen LogP contribution in [-0.4, -0.2) is 11.2 Å². The second-order valence-corrected chi connectivity index (χ2v) is 8.32. The first-order chi connectivity index (χ1) is 7.59. The maximum atomic E-state index is 10.2. The summed E-state index contributed by atoms with van der Waals surface area (Å²) in [6, 6.07) is 0. The van der Waals surface area contributed by atoms with E-state index in [1.165, 1.54) is 25.7 Å². The maximum absolute atomic E-state index is 10.2. The fourth-order valence-electron chi connectivity index (χ4n) is 3.07. The molecule has 0 bridgehead atoms. The van der Waals surface area contributed by atoms with Gasteiger partial charge in [0.1, 0.15) is 0 Å². The quantitative estimate of drug-likeness (QED) is 0.745. The summed E-state index contributed by atoms with van der Waals surface area (Å²) < 4.78 is 0. The van der Waals surface area contributed by atoms with Gasteiger partial charge in [-0.3, -0.25) is 0 Å². The van der Waals surface area contributed by atoms with E-state index in [4.69, 9.17) is 0 Å². The van der Waals surface area contributed by atoms with Gasteiger partial charge in [-0.1, -0.05) is 41.5 Å². The predicted molar refractivity (Wildman–Crippen MR) is 75.0 cm³/mol. The van der Waals surface area contributed by atoms with E-state index in [0.717, 1.165) is 12.3 Å². The molecule has 3 atom stereocenters. The molecule has 102 valence electrons. The van der Waals surface area contributed by atoms with Gasteiger partial charge in [0.2, 0.25) is 0 Å². The molecule has 1 saturated carbocycles. The second-order valence-electron chi connectivity index (χ2n) is 8.32.